The fourth-order valence-corrected chi connectivity index (χ4v) is 2.16. The second kappa shape index (κ2) is 7.75. The molecule has 0 fully saturated rings. The molecule has 0 saturated carbocycles. The van der Waals surface area contributed by atoms with Crippen LogP contribution in [-0.2, 0) is 9.63 Å². The molecule has 0 aromatic heterocycles. The van der Waals surface area contributed by atoms with Gasteiger partial charge in [-0.2, -0.15) is 0 Å². The molecule has 0 saturated heterocycles. The van der Waals surface area contributed by atoms with E-state index in [9.17, 15) is 4.79 Å². The lowest BCUT2D eigenvalue weighted by Crippen LogP contribution is -2.43. The Balaban J connectivity index is 2.18. The van der Waals surface area contributed by atoms with Crippen LogP contribution in [0.5, 0.6) is 11.5 Å². The topological polar surface area (TPSA) is 72.4 Å². The van der Waals surface area contributed by atoms with Gasteiger partial charge in [0.25, 0.3) is 0 Å². The molecule has 1 aromatic rings. The van der Waals surface area contributed by atoms with Crippen molar-refractivity contribution in [3.8, 4) is 11.5 Å². The zero-order valence-corrected chi connectivity index (χ0v) is 13.5. The Morgan fingerprint density at radius 1 is 1.43 bits per heavy atom. The van der Waals surface area contributed by atoms with Gasteiger partial charge in [-0.05, 0) is 32.3 Å². The lowest BCUT2D eigenvalue weighted by Gasteiger charge is -2.15. The normalized spacial score (nSPS) is 17.0. The van der Waals surface area contributed by atoms with E-state index >= 15 is 0 Å². The second-order valence-corrected chi connectivity index (χ2v) is 5.23. The van der Waals surface area contributed by atoms with Crippen molar-refractivity contribution < 1.29 is 19.1 Å². The summed E-state index contributed by atoms with van der Waals surface area (Å²) in [5.41, 5.74) is 1.25. The first-order valence-corrected chi connectivity index (χ1v) is 7.19. The van der Waals surface area contributed by atoms with Gasteiger partial charge in [-0.3, -0.25) is 5.32 Å². The first-order valence-electron chi connectivity index (χ1n) is 7.19. The minimum atomic E-state index is -0.592. The standard InChI is InChI=1S/C16H21N3O4/c1-5-22-12-7-6-11(10-13(12)21-4)14-15(16(20)23-18-14)17-8-9-19(2)3/h5-7,10,15,17H,1,8-9H2,2-4H3. The molecule has 23 heavy (non-hydrogen) atoms. The quantitative estimate of drug-likeness (QED) is 0.569. The number of nitrogens with zero attached hydrogens (tertiary/aromatic N) is 2. The molecule has 1 unspecified atom stereocenters. The van der Waals surface area contributed by atoms with E-state index in [4.69, 9.17) is 14.3 Å². The van der Waals surface area contributed by atoms with Crippen molar-refractivity contribution in [2.75, 3.05) is 34.3 Å². The van der Waals surface area contributed by atoms with Crippen LogP contribution in [0.1, 0.15) is 5.56 Å². The van der Waals surface area contributed by atoms with Crippen molar-refractivity contribution in [1.29, 1.82) is 0 Å². The highest BCUT2D eigenvalue weighted by molar-refractivity contribution is 6.17. The summed E-state index contributed by atoms with van der Waals surface area (Å²) in [4.78, 5) is 18.7. The van der Waals surface area contributed by atoms with Crippen molar-refractivity contribution in [3.05, 3.63) is 36.6 Å². The van der Waals surface area contributed by atoms with Crippen LogP contribution in [0.2, 0.25) is 0 Å². The maximum Gasteiger partial charge on any atom is 0.358 e. The zero-order valence-electron chi connectivity index (χ0n) is 13.5. The summed E-state index contributed by atoms with van der Waals surface area (Å²) in [5.74, 6) is 0.648. The third kappa shape index (κ3) is 4.08. The summed E-state index contributed by atoms with van der Waals surface area (Å²) >= 11 is 0. The second-order valence-electron chi connectivity index (χ2n) is 5.23. The van der Waals surface area contributed by atoms with Crippen LogP contribution >= 0.6 is 0 Å². The van der Waals surface area contributed by atoms with Gasteiger partial charge in [0.05, 0.1) is 13.4 Å². The molecular formula is C16H21N3O4. The van der Waals surface area contributed by atoms with Gasteiger partial charge in [0.1, 0.15) is 5.71 Å². The number of benzene rings is 1. The largest absolute Gasteiger partial charge is 0.493 e. The Labute approximate surface area is 135 Å². The zero-order chi connectivity index (χ0) is 16.8. The van der Waals surface area contributed by atoms with E-state index in [1.54, 1.807) is 25.3 Å². The third-order valence-electron chi connectivity index (χ3n) is 3.32. The van der Waals surface area contributed by atoms with Crippen LogP contribution in [0.3, 0.4) is 0 Å². The van der Waals surface area contributed by atoms with Gasteiger partial charge in [0.2, 0.25) is 0 Å². The van der Waals surface area contributed by atoms with E-state index in [1.807, 2.05) is 19.0 Å². The molecular weight excluding hydrogens is 298 g/mol. The number of carbonyl (C=O) groups is 1. The fraction of sp³-hybridized carbons (Fsp3) is 0.375. The molecule has 7 nitrogen and oxygen atoms in total. The highest BCUT2D eigenvalue weighted by Gasteiger charge is 2.33. The van der Waals surface area contributed by atoms with E-state index in [2.05, 4.69) is 17.1 Å². The number of carbonyl (C=O) groups excluding carboxylic acids is 1. The molecule has 2 rings (SSSR count). The summed E-state index contributed by atoms with van der Waals surface area (Å²) in [7, 11) is 5.47. The van der Waals surface area contributed by atoms with Crippen LogP contribution in [0.4, 0.5) is 0 Å². The molecule has 1 aromatic carbocycles. The Kier molecular flexibility index (Phi) is 5.72. The van der Waals surface area contributed by atoms with Crippen molar-refractivity contribution in [1.82, 2.24) is 10.2 Å². The first kappa shape index (κ1) is 17.0. The molecule has 1 aliphatic heterocycles. The molecule has 124 valence electrons. The highest BCUT2D eigenvalue weighted by atomic mass is 16.7. The molecule has 0 radical (unpaired) electrons. The summed E-state index contributed by atoms with van der Waals surface area (Å²) < 4.78 is 10.6. The lowest BCUT2D eigenvalue weighted by molar-refractivity contribution is -0.141. The molecule has 1 atom stereocenters. The van der Waals surface area contributed by atoms with Crippen molar-refractivity contribution >= 4 is 11.7 Å². The van der Waals surface area contributed by atoms with Gasteiger partial charge >= 0.3 is 5.97 Å². The molecule has 0 bridgehead atoms. The van der Waals surface area contributed by atoms with Crippen LogP contribution in [0.25, 0.3) is 0 Å². The maximum atomic E-state index is 11.9. The number of ether oxygens (including phenoxy) is 2. The minimum absolute atomic E-state index is 0.413. The molecule has 7 heteroatoms. The number of rotatable bonds is 8. The lowest BCUT2D eigenvalue weighted by atomic mass is 10.0. The molecule has 1 N–H and O–H groups in total. The molecule has 1 aliphatic rings. The van der Waals surface area contributed by atoms with Gasteiger partial charge in [0, 0.05) is 18.7 Å². The third-order valence-corrected chi connectivity index (χ3v) is 3.32. The van der Waals surface area contributed by atoms with Crippen LogP contribution < -0.4 is 14.8 Å². The van der Waals surface area contributed by atoms with Gasteiger partial charge < -0.3 is 19.2 Å². The summed E-state index contributed by atoms with van der Waals surface area (Å²) in [6.45, 7) is 4.96. The number of likely N-dealkylation sites (N-methyl/N-ethyl adjacent to an activating group) is 1. The Morgan fingerprint density at radius 3 is 2.87 bits per heavy atom. The monoisotopic (exact) mass is 319 g/mol. The first-order chi connectivity index (χ1) is 11.1. The van der Waals surface area contributed by atoms with Gasteiger partial charge in [-0.15, -0.1) is 0 Å². The Bertz CT molecular complexity index is 613. The smallest absolute Gasteiger partial charge is 0.358 e. The minimum Gasteiger partial charge on any atom is -0.493 e. The van der Waals surface area contributed by atoms with Gasteiger partial charge in [-0.25, -0.2) is 4.79 Å². The molecule has 0 aliphatic carbocycles. The van der Waals surface area contributed by atoms with Crippen molar-refractivity contribution in [2.24, 2.45) is 5.16 Å². The predicted octanol–water partition coefficient (Wildman–Crippen LogP) is 0.998. The van der Waals surface area contributed by atoms with Crippen molar-refractivity contribution in [3.63, 3.8) is 0 Å². The molecule has 1 heterocycles. The SMILES string of the molecule is C=COc1ccc(C2=NOC(=O)C2NCCN(C)C)cc1OC. The van der Waals surface area contributed by atoms with E-state index in [1.165, 1.54) is 6.26 Å². The number of hydrogen-bond acceptors (Lipinski definition) is 7. The Morgan fingerprint density at radius 2 is 2.22 bits per heavy atom. The van der Waals surface area contributed by atoms with Crippen LogP contribution in [-0.4, -0.2) is 56.9 Å². The summed E-state index contributed by atoms with van der Waals surface area (Å²) in [6, 6.07) is 4.69. The number of oxime groups is 1. The predicted molar refractivity (Wildman–Crippen MR) is 86.8 cm³/mol. The summed E-state index contributed by atoms with van der Waals surface area (Å²) in [5, 5.41) is 7.04. The van der Waals surface area contributed by atoms with Crippen LogP contribution in [0, 0.1) is 0 Å². The highest BCUT2D eigenvalue weighted by Crippen LogP contribution is 2.29. The Hall–Kier alpha value is -2.38. The van der Waals surface area contributed by atoms with Gasteiger partial charge in [0.15, 0.2) is 17.5 Å². The average molecular weight is 319 g/mol. The molecule has 0 amide bonds. The van der Waals surface area contributed by atoms with Crippen LogP contribution in [0.15, 0.2) is 36.2 Å². The van der Waals surface area contributed by atoms with Gasteiger partial charge in [-0.1, -0.05) is 11.7 Å². The number of nitrogens with one attached hydrogen (secondary N) is 1. The van der Waals surface area contributed by atoms with E-state index < -0.39 is 12.0 Å². The number of methoxy groups -OCH3 is 1. The maximum absolute atomic E-state index is 11.9. The van der Waals surface area contributed by atoms with E-state index in [-0.39, 0.29) is 0 Å². The number of hydrogen-bond donors (Lipinski definition) is 1. The van der Waals surface area contributed by atoms with E-state index in [0.717, 1.165) is 12.1 Å². The van der Waals surface area contributed by atoms with Crippen molar-refractivity contribution in [2.45, 2.75) is 6.04 Å². The van der Waals surface area contributed by atoms with E-state index in [0.29, 0.717) is 23.8 Å². The summed E-state index contributed by atoms with van der Waals surface area (Å²) in [6.07, 6.45) is 1.32. The average Bonchev–Trinajstić information content (AvgIpc) is 2.89. The molecule has 0 spiro atoms. The fourth-order valence-electron chi connectivity index (χ4n) is 2.16.